The largest absolute Gasteiger partial charge is 0.469 e. The van der Waals surface area contributed by atoms with Gasteiger partial charge >= 0.3 is 5.97 Å². The van der Waals surface area contributed by atoms with Crippen LogP contribution in [0, 0.1) is 11.8 Å². The van der Waals surface area contributed by atoms with Crippen molar-refractivity contribution in [3.8, 4) is 0 Å². The summed E-state index contributed by atoms with van der Waals surface area (Å²) in [5.74, 6) is -0.586. The molecular formula is C25H32O5. The Hall–Kier alpha value is -2.21. The summed E-state index contributed by atoms with van der Waals surface area (Å²) in [5.41, 5.74) is 2.23. The fraction of sp³-hybridized carbons (Fsp3) is 0.480. The first kappa shape index (κ1) is 22.5. The molecule has 30 heavy (non-hydrogen) atoms. The fourth-order valence-corrected chi connectivity index (χ4v) is 4.48. The van der Waals surface area contributed by atoms with E-state index in [0.717, 1.165) is 24.0 Å². The number of unbranched alkanes of at least 4 members (excludes halogenated alkanes) is 1. The molecule has 3 rings (SSSR count). The van der Waals surface area contributed by atoms with Crippen molar-refractivity contribution in [3.63, 3.8) is 0 Å². The number of ether oxygens (including phenoxy) is 1. The smallest absolute Gasteiger partial charge is 0.305 e. The summed E-state index contributed by atoms with van der Waals surface area (Å²) in [4.78, 5) is 11.1. The summed E-state index contributed by atoms with van der Waals surface area (Å²) in [6.45, 7) is 0. The molecule has 0 aromatic heterocycles. The van der Waals surface area contributed by atoms with E-state index in [1.165, 1.54) is 7.11 Å². The van der Waals surface area contributed by atoms with Crippen LogP contribution in [0.1, 0.15) is 49.1 Å². The van der Waals surface area contributed by atoms with Crippen molar-refractivity contribution in [2.24, 2.45) is 11.8 Å². The van der Waals surface area contributed by atoms with Crippen LogP contribution < -0.4 is 0 Å². The Bertz CT molecular complexity index is 796. The second-order valence-corrected chi connectivity index (χ2v) is 8.18. The monoisotopic (exact) mass is 412 g/mol. The summed E-state index contributed by atoms with van der Waals surface area (Å²) in [6.07, 6.45) is 12.7. The maximum Gasteiger partial charge on any atom is 0.305 e. The molecule has 1 unspecified atom stereocenters. The van der Waals surface area contributed by atoms with Gasteiger partial charge in [0.25, 0.3) is 0 Å². The van der Waals surface area contributed by atoms with E-state index in [1.54, 1.807) is 6.08 Å². The summed E-state index contributed by atoms with van der Waals surface area (Å²) >= 11 is 0. The van der Waals surface area contributed by atoms with Crippen LogP contribution in [0.3, 0.4) is 0 Å². The van der Waals surface area contributed by atoms with Crippen LogP contribution in [0.2, 0.25) is 0 Å². The molecule has 2 aliphatic carbocycles. The van der Waals surface area contributed by atoms with Crippen LogP contribution in [0.5, 0.6) is 0 Å². The average Bonchev–Trinajstić information content (AvgIpc) is 3.29. The molecule has 0 bridgehead atoms. The molecule has 1 saturated carbocycles. The number of carbonyl (C=O) groups is 1. The third kappa shape index (κ3) is 5.48. The van der Waals surface area contributed by atoms with Gasteiger partial charge in [-0.05, 0) is 36.3 Å². The second kappa shape index (κ2) is 10.7. The first-order valence-corrected chi connectivity index (χ1v) is 10.7. The van der Waals surface area contributed by atoms with Gasteiger partial charge in [-0.25, -0.2) is 0 Å². The van der Waals surface area contributed by atoms with E-state index in [0.29, 0.717) is 19.3 Å². The standard InChI is InChI=1S/C25H32O5/c1-30-25(29)11-5-3-2-4-10-19-21(24(28)16-23(19)27)14-15-22(26)20-13-12-17-8-6-7-9-18(17)20/h2,4,6-9,12-15,19-24,26-28H,3,5,10-11,16H2,1H3/b4-2-,15-14+/t19-,20?,21-,22-,23+,24-/m1/s1. The Morgan fingerprint density at radius 3 is 2.83 bits per heavy atom. The van der Waals surface area contributed by atoms with Crippen LogP contribution in [0.4, 0.5) is 0 Å². The molecule has 2 aliphatic rings. The lowest BCUT2D eigenvalue weighted by Gasteiger charge is -2.21. The van der Waals surface area contributed by atoms with Crippen molar-refractivity contribution in [1.29, 1.82) is 0 Å². The van der Waals surface area contributed by atoms with E-state index in [2.05, 4.69) is 4.74 Å². The Balaban J connectivity index is 1.55. The molecular weight excluding hydrogens is 380 g/mol. The lowest BCUT2D eigenvalue weighted by molar-refractivity contribution is -0.140. The zero-order valence-corrected chi connectivity index (χ0v) is 17.4. The number of fused-ring (bicyclic) bond motifs is 1. The Morgan fingerprint density at radius 2 is 2.03 bits per heavy atom. The first-order valence-electron chi connectivity index (χ1n) is 10.7. The Labute approximate surface area is 178 Å². The minimum absolute atomic E-state index is 0.0888. The number of aliphatic hydroxyl groups is 3. The summed E-state index contributed by atoms with van der Waals surface area (Å²) in [6, 6.07) is 8.02. The number of rotatable bonds is 9. The van der Waals surface area contributed by atoms with Crippen LogP contribution >= 0.6 is 0 Å². The quantitative estimate of drug-likeness (QED) is 0.329. The molecule has 5 heteroatoms. The summed E-state index contributed by atoms with van der Waals surface area (Å²) in [7, 11) is 1.39. The van der Waals surface area contributed by atoms with E-state index in [-0.39, 0.29) is 23.7 Å². The average molecular weight is 413 g/mol. The van der Waals surface area contributed by atoms with Crippen molar-refractivity contribution in [3.05, 3.63) is 65.8 Å². The van der Waals surface area contributed by atoms with Crippen LogP contribution in [0.15, 0.2) is 54.6 Å². The highest BCUT2D eigenvalue weighted by atomic mass is 16.5. The van der Waals surface area contributed by atoms with Crippen molar-refractivity contribution < 1.29 is 24.9 Å². The summed E-state index contributed by atoms with van der Waals surface area (Å²) < 4.78 is 4.62. The molecule has 0 saturated heterocycles. The molecule has 0 heterocycles. The van der Waals surface area contributed by atoms with Gasteiger partial charge in [0.05, 0.1) is 25.4 Å². The van der Waals surface area contributed by atoms with E-state index in [1.807, 2.05) is 54.6 Å². The normalized spacial score (nSPS) is 29.0. The highest BCUT2D eigenvalue weighted by Gasteiger charge is 2.39. The number of hydrogen-bond donors (Lipinski definition) is 3. The molecule has 0 spiro atoms. The van der Waals surface area contributed by atoms with E-state index in [9.17, 15) is 20.1 Å². The van der Waals surface area contributed by atoms with E-state index >= 15 is 0 Å². The van der Waals surface area contributed by atoms with Crippen molar-refractivity contribution in [2.45, 2.75) is 56.3 Å². The second-order valence-electron chi connectivity index (χ2n) is 8.18. The molecule has 1 aromatic carbocycles. The van der Waals surface area contributed by atoms with E-state index < -0.39 is 18.3 Å². The highest BCUT2D eigenvalue weighted by Crippen LogP contribution is 2.37. The number of hydrogen-bond acceptors (Lipinski definition) is 5. The maximum absolute atomic E-state index is 11.1. The van der Waals surface area contributed by atoms with Gasteiger partial charge in [0, 0.05) is 24.7 Å². The Morgan fingerprint density at radius 1 is 1.23 bits per heavy atom. The number of methoxy groups -OCH3 is 1. The zero-order chi connectivity index (χ0) is 21.5. The topological polar surface area (TPSA) is 87.0 Å². The predicted molar refractivity (Wildman–Crippen MR) is 117 cm³/mol. The summed E-state index contributed by atoms with van der Waals surface area (Å²) in [5, 5.41) is 31.5. The van der Waals surface area contributed by atoms with Gasteiger partial charge in [-0.3, -0.25) is 4.79 Å². The number of carbonyl (C=O) groups excluding carboxylic acids is 1. The molecule has 5 nitrogen and oxygen atoms in total. The zero-order valence-electron chi connectivity index (χ0n) is 17.4. The van der Waals surface area contributed by atoms with Crippen LogP contribution in [0.25, 0.3) is 6.08 Å². The SMILES string of the molecule is COC(=O)CCC/C=C\C[C@@H]1[C@@H](/C=C/[C@@H](O)C2C=Cc3ccccc32)[C@H](O)C[C@@H]1O. The maximum atomic E-state index is 11.1. The van der Waals surface area contributed by atoms with Gasteiger partial charge in [0.1, 0.15) is 0 Å². The third-order valence-electron chi connectivity index (χ3n) is 6.21. The fourth-order valence-electron chi connectivity index (χ4n) is 4.48. The molecule has 0 radical (unpaired) electrons. The molecule has 1 fully saturated rings. The molecule has 6 atom stereocenters. The van der Waals surface area contributed by atoms with Gasteiger partial charge in [-0.2, -0.15) is 0 Å². The van der Waals surface area contributed by atoms with Crippen molar-refractivity contribution >= 4 is 12.0 Å². The van der Waals surface area contributed by atoms with Gasteiger partial charge in [-0.1, -0.05) is 60.7 Å². The minimum atomic E-state index is -0.677. The van der Waals surface area contributed by atoms with Gasteiger partial charge in [0.15, 0.2) is 0 Å². The van der Waals surface area contributed by atoms with Crippen molar-refractivity contribution in [2.75, 3.05) is 7.11 Å². The van der Waals surface area contributed by atoms with Crippen molar-refractivity contribution in [1.82, 2.24) is 0 Å². The lowest BCUT2D eigenvalue weighted by atomic mass is 9.88. The first-order chi connectivity index (χ1) is 14.5. The van der Waals surface area contributed by atoms with Gasteiger partial charge in [0.2, 0.25) is 0 Å². The predicted octanol–water partition coefficient (Wildman–Crippen LogP) is 3.36. The Kier molecular flexibility index (Phi) is 8.02. The van der Waals surface area contributed by atoms with Gasteiger partial charge in [-0.15, -0.1) is 0 Å². The number of aliphatic hydroxyl groups excluding tert-OH is 3. The number of allylic oxidation sites excluding steroid dienone is 2. The lowest BCUT2D eigenvalue weighted by Crippen LogP contribution is -2.21. The molecule has 0 amide bonds. The van der Waals surface area contributed by atoms with Crippen LogP contribution in [-0.2, 0) is 9.53 Å². The number of esters is 1. The molecule has 0 aliphatic heterocycles. The van der Waals surface area contributed by atoms with Gasteiger partial charge < -0.3 is 20.1 Å². The van der Waals surface area contributed by atoms with E-state index in [4.69, 9.17) is 0 Å². The van der Waals surface area contributed by atoms with Crippen LogP contribution in [-0.4, -0.2) is 46.7 Å². The number of benzene rings is 1. The molecule has 1 aromatic rings. The third-order valence-corrected chi connectivity index (χ3v) is 6.21. The highest BCUT2D eigenvalue weighted by molar-refractivity contribution is 5.69. The minimum Gasteiger partial charge on any atom is -0.469 e. The molecule has 3 N–H and O–H groups in total. The molecule has 162 valence electrons.